The Balaban J connectivity index is 2.01. The lowest BCUT2D eigenvalue weighted by Crippen LogP contribution is -2.07. The van der Waals surface area contributed by atoms with Crippen molar-refractivity contribution in [3.63, 3.8) is 0 Å². The molecule has 0 heterocycles. The number of benzene rings is 1. The van der Waals surface area contributed by atoms with Gasteiger partial charge in [0.05, 0.1) is 0 Å². The van der Waals surface area contributed by atoms with E-state index in [4.69, 9.17) is 0 Å². The molecule has 0 saturated heterocycles. The van der Waals surface area contributed by atoms with Crippen LogP contribution in [0.15, 0.2) is 46.2 Å². The third-order valence-corrected chi connectivity index (χ3v) is 3.49. The van der Waals surface area contributed by atoms with Gasteiger partial charge in [-0.15, -0.1) is 0 Å². The number of hydrogen-bond acceptors (Lipinski definition) is 2. The van der Waals surface area contributed by atoms with E-state index < -0.39 is 0 Å². The minimum atomic E-state index is 0.338. The van der Waals surface area contributed by atoms with Crippen LogP contribution >= 0.6 is 11.8 Å². The van der Waals surface area contributed by atoms with Crippen LogP contribution in [0.2, 0.25) is 0 Å². The molecule has 0 atom stereocenters. The van der Waals surface area contributed by atoms with Gasteiger partial charge in [0.1, 0.15) is 0 Å². The Bertz CT molecular complexity index is 367. The van der Waals surface area contributed by atoms with Crippen LogP contribution in [-0.2, 0) is 4.79 Å². The van der Waals surface area contributed by atoms with E-state index in [9.17, 15) is 4.79 Å². The number of Topliss-reactive ketones (excluding diaryl/α,β-unsaturated/α-hetero) is 1. The minimum absolute atomic E-state index is 0.338. The maximum atomic E-state index is 11.5. The fourth-order valence-electron chi connectivity index (χ4n) is 1.66. The first-order chi connectivity index (χ1) is 7.36. The van der Waals surface area contributed by atoms with Crippen molar-refractivity contribution < 1.29 is 4.79 Å². The van der Waals surface area contributed by atoms with E-state index in [0.717, 1.165) is 31.3 Å². The van der Waals surface area contributed by atoms with Gasteiger partial charge in [0.25, 0.3) is 0 Å². The lowest BCUT2D eigenvalue weighted by atomic mass is 9.95. The van der Waals surface area contributed by atoms with E-state index in [2.05, 4.69) is 12.1 Å². The summed E-state index contributed by atoms with van der Waals surface area (Å²) in [5.41, 5.74) is 1.01. The Morgan fingerprint density at radius 2 is 1.80 bits per heavy atom. The third kappa shape index (κ3) is 2.96. The molecule has 0 unspecified atom stereocenters. The maximum absolute atomic E-state index is 11.5. The summed E-state index contributed by atoms with van der Waals surface area (Å²) in [4.78, 5) is 12.7. The van der Waals surface area contributed by atoms with Gasteiger partial charge >= 0.3 is 0 Å². The molecule has 0 N–H and O–H groups in total. The van der Waals surface area contributed by atoms with Crippen LogP contribution in [0.5, 0.6) is 0 Å². The van der Waals surface area contributed by atoms with E-state index >= 15 is 0 Å². The number of allylic oxidation sites excluding steroid dienone is 1. The number of carbonyl (C=O) groups excluding carboxylic acids is 1. The van der Waals surface area contributed by atoms with Gasteiger partial charge in [0.2, 0.25) is 0 Å². The monoisotopic (exact) mass is 218 g/mol. The van der Waals surface area contributed by atoms with Gasteiger partial charge in [0, 0.05) is 16.9 Å². The molecular weight excluding hydrogens is 204 g/mol. The molecule has 1 aromatic rings. The summed E-state index contributed by atoms with van der Waals surface area (Å²) in [7, 11) is 0. The average molecular weight is 218 g/mol. The van der Waals surface area contributed by atoms with E-state index in [0.29, 0.717) is 5.78 Å². The summed E-state index contributed by atoms with van der Waals surface area (Å²) in [6, 6.07) is 10.2. The minimum Gasteiger partial charge on any atom is -0.295 e. The summed E-state index contributed by atoms with van der Waals surface area (Å²) < 4.78 is 0. The Morgan fingerprint density at radius 1 is 1.07 bits per heavy atom. The maximum Gasteiger partial charge on any atom is 0.159 e. The molecule has 1 aliphatic carbocycles. The molecule has 0 aromatic heterocycles. The highest BCUT2D eigenvalue weighted by Crippen LogP contribution is 2.26. The van der Waals surface area contributed by atoms with Crippen molar-refractivity contribution in [1.82, 2.24) is 0 Å². The van der Waals surface area contributed by atoms with E-state index in [1.807, 2.05) is 23.6 Å². The Morgan fingerprint density at radius 3 is 2.53 bits per heavy atom. The van der Waals surface area contributed by atoms with Crippen LogP contribution in [0.1, 0.15) is 25.7 Å². The van der Waals surface area contributed by atoms with Crippen molar-refractivity contribution in [3.05, 3.63) is 41.3 Å². The quantitative estimate of drug-likeness (QED) is 0.554. The smallest absolute Gasteiger partial charge is 0.159 e. The molecule has 1 saturated carbocycles. The number of carbonyl (C=O) groups is 1. The van der Waals surface area contributed by atoms with Gasteiger partial charge < -0.3 is 0 Å². The van der Waals surface area contributed by atoms with Crippen molar-refractivity contribution in [2.45, 2.75) is 30.6 Å². The zero-order valence-corrected chi connectivity index (χ0v) is 9.43. The first-order valence-electron chi connectivity index (χ1n) is 5.30. The predicted octanol–water partition coefficient (Wildman–Crippen LogP) is 3.81. The zero-order chi connectivity index (χ0) is 10.5. The Hall–Kier alpha value is -1.02. The topological polar surface area (TPSA) is 17.1 Å². The second-order valence-electron chi connectivity index (χ2n) is 3.70. The lowest BCUT2D eigenvalue weighted by Gasteiger charge is -2.11. The molecule has 2 rings (SSSR count). The predicted molar refractivity (Wildman–Crippen MR) is 63.9 cm³/mol. The molecule has 0 aliphatic heterocycles. The summed E-state index contributed by atoms with van der Waals surface area (Å²) >= 11 is 1.65. The molecule has 0 amide bonds. The summed E-state index contributed by atoms with van der Waals surface area (Å²) in [6.07, 6.45) is 3.92. The molecule has 1 aromatic carbocycles. The first-order valence-corrected chi connectivity index (χ1v) is 6.18. The molecule has 2 heteroatoms. The van der Waals surface area contributed by atoms with Crippen molar-refractivity contribution in [1.29, 1.82) is 0 Å². The molecule has 0 bridgehead atoms. The fraction of sp³-hybridized carbons (Fsp3) is 0.308. The van der Waals surface area contributed by atoms with Crippen LogP contribution < -0.4 is 0 Å². The van der Waals surface area contributed by atoms with Gasteiger partial charge in [0.15, 0.2) is 5.78 Å². The van der Waals surface area contributed by atoms with Crippen molar-refractivity contribution in [2.75, 3.05) is 0 Å². The highest BCUT2D eigenvalue weighted by Gasteiger charge is 2.14. The second-order valence-corrected chi connectivity index (χ2v) is 4.65. The molecule has 15 heavy (non-hydrogen) atoms. The van der Waals surface area contributed by atoms with Crippen LogP contribution in [0, 0.1) is 0 Å². The normalized spacial score (nSPS) is 19.5. The molecule has 1 nitrogen and oxygen atoms in total. The highest BCUT2D eigenvalue weighted by atomic mass is 32.2. The van der Waals surface area contributed by atoms with Crippen LogP contribution in [0.4, 0.5) is 0 Å². The Kier molecular flexibility index (Phi) is 3.62. The van der Waals surface area contributed by atoms with Crippen molar-refractivity contribution >= 4 is 17.5 Å². The first kappa shape index (κ1) is 10.5. The van der Waals surface area contributed by atoms with Gasteiger partial charge in [-0.2, -0.15) is 0 Å². The van der Waals surface area contributed by atoms with Gasteiger partial charge in [-0.1, -0.05) is 30.0 Å². The van der Waals surface area contributed by atoms with Gasteiger partial charge in [-0.05, 0) is 36.8 Å². The summed E-state index contributed by atoms with van der Waals surface area (Å²) in [5, 5.41) is 2.02. The fourth-order valence-corrected chi connectivity index (χ4v) is 2.51. The van der Waals surface area contributed by atoms with E-state index in [1.165, 1.54) is 4.90 Å². The zero-order valence-electron chi connectivity index (χ0n) is 8.61. The third-order valence-electron chi connectivity index (χ3n) is 2.54. The van der Waals surface area contributed by atoms with Gasteiger partial charge in [-0.3, -0.25) is 4.79 Å². The lowest BCUT2D eigenvalue weighted by molar-refractivity contribution is -0.116. The second kappa shape index (κ2) is 5.17. The van der Waals surface area contributed by atoms with Crippen LogP contribution in [-0.4, -0.2) is 5.78 Å². The summed E-state index contributed by atoms with van der Waals surface area (Å²) in [6.45, 7) is 0. The number of hydrogen-bond donors (Lipinski definition) is 0. The molecule has 0 radical (unpaired) electrons. The van der Waals surface area contributed by atoms with E-state index in [1.54, 1.807) is 11.8 Å². The highest BCUT2D eigenvalue weighted by molar-refractivity contribution is 8.02. The summed E-state index contributed by atoms with van der Waals surface area (Å²) in [5.74, 6) is 0.338. The molecular formula is C13H14OS. The average Bonchev–Trinajstić information content (AvgIpc) is 2.29. The number of rotatable bonds is 2. The van der Waals surface area contributed by atoms with Crippen LogP contribution in [0.3, 0.4) is 0 Å². The molecule has 78 valence electrons. The largest absolute Gasteiger partial charge is 0.295 e. The number of thioether (sulfide) groups is 1. The number of ketones is 1. The molecule has 1 aliphatic rings. The standard InChI is InChI=1S/C13H14OS/c14-13-9-5-4-6-11(13)10-15-12-7-2-1-3-8-12/h1-3,7-8,10H,4-6,9H2/b11-10+. The van der Waals surface area contributed by atoms with Crippen molar-refractivity contribution in [2.24, 2.45) is 0 Å². The molecule has 1 fully saturated rings. The molecule has 0 spiro atoms. The van der Waals surface area contributed by atoms with Crippen molar-refractivity contribution in [3.8, 4) is 0 Å². The van der Waals surface area contributed by atoms with E-state index in [-0.39, 0.29) is 0 Å². The SMILES string of the molecule is O=C1CCCC/C1=C\Sc1ccccc1. The van der Waals surface area contributed by atoms with Gasteiger partial charge in [-0.25, -0.2) is 0 Å². The Labute approximate surface area is 94.6 Å². The van der Waals surface area contributed by atoms with Crippen LogP contribution in [0.25, 0.3) is 0 Å².